The molecule has 0 fully saturated rings. The number of phosphoric ester groups is 1. The summed E-state index contributed by atoms with van der Waals surface area (Å²) in [6.45, 7) is 0.632. The zero-order valence-corrected chi connectivity index (χ0v) is 12.4. The SMILES string of the molecule is Cc1ncc(CO)c(COP(=O)(O)O)c1O.[H-].[Na+]. The summed E-state index contributed by atoms with van der Waals surface area (Å²) in [5, 5.41) is 18.6. The number of aromatic hydroxyl groups is 1. The number of aliphatic hydroxyl groups is 1. The van der Waals surface area contributed by atoms with Crippen molar-refractivity contribution in [2.24, 2.45) is 0 Å². The average Bonchev–Trinajstić information content (AvgIpc) is 2.19. The molecule has 4 N–H and O–H groups in total. The Morgan fingerprint density at radius 1 is 1.53 bits per heavy atom. The van der Waals surface area contributed by atoms with Gasteiger partial charge in [0.2, 0.25) is 0 Å². The number of rotatable bonds is 4. The van der Waals surface area contributed by atoms with Crippen molar-refractivity contribution in [3.63, 3.8) is 0 Å². The Balaban J connectivity index is 0. The summed E-state index contributed by atoms with van der Waals surface area (Å²) >= 11 is 0. The van der Waals surface area contributed by atoms with E-state index in [9.17, 15) is 9.67 Å². The molecule has 1 rings (SSSR count). The van der Waals surface area contributed by atoms with Crippen LogP contribution >= 0.6 is 7.82 Å². The van der Waals surface area contributed by atoms with Crippen LogP contribution < -0.4 is 29.6 Å². The first-order chi connectivity index (χ1) is 7.35. The Labute approximate surface area is 121 Å². The van der Waals surface area contributed by atoms with Crippen molar-refractivity contribution >= 4 is 7.82 Å². The number of hydrogen-bond donors (Lipinski definition) is 4. The molecule has 7 nitrogen and oxygen atoms in total. The van der Waals surface area contributed by atoms with Gasteiger partial charge in [-0.25, -0.2) is 4.57 Å². The van der Waals surface area contributed by atoms with Crippen molar-refractivity contribution in [1.29, 1.82) is 0 Å². The Morgan fingerprint density at radius 3 is 2.59 bits per heavy atom. The van der Waals surface area contributed by atoms with Crippen LogP contribution in [0.25, 0.3) is 0 Å². The minimum atomic E-state index is -4.61. The molecule has 0 bridgehead atoms. The fourth-order valence-corrected chi connectivity index (χ4v) is 1.43. The standard InChI is InChI=1S/C8H12NO6P.Na.H/c1-5-8(11)7(4-15-16(12,13)14)6(3-10)2-9-5;;/h2,10-11H,3-4H2,1H3,(H2,12,13,14);;/q;+1;-1. The summed E-state index contributed by atoms with van der Waals surface area (Å²) in [6.07, 6.45) is 1.31. The molecule has 0 aliphatic carbocycles. The fraction of sp³-hybridized carbons (Fsp3) is 0.375. The summed E-state index contributed by atoms with van der Waals surface area (Å²) in [4.78, 5) is 20.9. The van der Waals surface area contributed by atoms with Gasteiger partial charge in [-0.15, -0.1) is 0 Å². The van der Waals surface area contributed by atoms with Crippen molar-refractivity contribution in [3.8, 4) is 5.75 Å². The molecule has 92 valence electrons. The molecular weight excluding hydrogens is 260 g/mol. The van der Waals surface area contributed by atoms with Crippen molar-refractivity contribution < 1.29 is 60.1 Å². The van der Waals surface area contributed by atoms with Gasteiger partial charge in [0, 0.05) is 17.3 Å². The first kappa shape index (κ1) is 17.0. The van der Waals surface area contributed by atoms with E-state index in [0.29, 0.717) is 5.69 Å². The smallest absolute Gasteiger partial charge is 1.00 e. The third-order valence-electron chi connectivity index (χ3n) is 1.98. The van der Waals surface area contributed by atoms with Crippen molar-refractivity contribution in [2.45, 2.75) is 20.1 Å². The first-order valence-corrected chi connectivity index (χ1v) is 5.85. The quantitative estimate of drug-likeness (QED) is 0.348. The van der Waals surface area contributed by atoms with Gasteiger partial charge in [0.15, 0.2) is 0 Å². The monoisotopic (exact) mass is 273 g/mol. The predicted molar refractivity (Wildman–Crippen MR) is 54.5 cm³/mol. The van der Waals surface area contributed by atoms with Gasteiger partial charge in [-0.3, -0.25) is 9.51 Å². The summed E-state index contributed by atoms with van der Waals surface area (Å²) in [7, 11) is -4.61. The predicted octanol–water partition coefficient (Wildman–Crippen LogP) is -2.69. The van der Waals surface area contributed by atoms with Gasteiger partial charge in [-0.2, -0.15) is 0 Å². The van der Waals surface area contributed by atoms with Crippen LogP contribution in [0.1, 0.15) is 18.2 Å². The van der Waals surface area contributed by atoms with Gasteiger partial charge < -0.3 is 21.4 Å². The van der Waals surface area contributed by atoms with Crippen molar-refractivity contribution in [3.05, 3.63) is 23.0 Å². The maximum Gasteiger partial charge on any atom is 1.00 e. The summed E-state index contributed by atoms with van der Waals surface area (Å²) < 4.78 is 14.8. The van der Waals surface area contributed by atoms with E-state index in [4.69, 9.17) is 14.9 Å². The van der Waals surface area contributed by atoms with Crippen LogP contribution in [0, 0.1) is 6.92 Å². The Kier molecular flexibility index (Phi) is 6.83. The normalized spacial score (nSPS) is 11.1. The zero-order valence-electron chi connectivity index (χ0n) is 10.5. The number of aryl methyl sites for hydroxylation is 1. The topological polar surface area (TPSA) is 120 Å². The number of nitrogens with zero attached hydrogens (tertiary/aromatic N) is 1. The van der Waals surface area contributed by atoms with Gasteiger partial charge >= 0.3 is 37.4 Å². The van der Waals surface area contributed by atoms with E-state index in [1.165, 1.54) is 13.1 Å². The molecule has 0 radical (unpaired) electrons. The van der Waals surface area contributed by atoms with Crippen molar-refractivity contribution in [1.82, 2.24) is 4.98 Å². The Bertz CT molecular complexity index is 440. The second kappa shape index (κ2) is 6.82. The van der Waals surface area contributed by atoms with Crippen LogP contribution in [0.15, 0.2) is 6.20 Å². The molecule has 0 aliphatic heterocycles. The molecule has 1 aromatic heterocycles. The molecule has 0 aromatic carbocycles. The van der Waals surface area contributed by atoms with Crippen LogP contribution in [0.3, 0.4) is 0 Å². The third kappa shape index (κ3) is 5.03. The maximum atomic E-state index is 10.5. The van der Waals surface area contributed by atoms with Crippen LogP contribution in [0.2, 0.25) is 0 Å². The number of hydrogen-bond acceptors (Lipinski definition) is 5. The second-order valence-electron chi connectivity index (χ2n) is 3.12. The number of aromatic nitrogens is 1. The molecule has 0 aliphatic rings. The molecule has 9 heteroatoms. The second-order valence-corrected chi connectivity index (χ2v) is 4.36. The number of phosphoric acid groups is 1. The van der Waals surface area contributed by atoms with Crippen LogP contribution in [0.5, 0.6) is 5.75 Å². The Morgan fingerprint density at radius 2 is 2.12 bits per heavy atom. The molecule has 1 heterocycles. The van der Waals surface area contributed by atoms with Crippen LogP contribution in [0.4, 0.5) is 0 Å². The van der Waals surface area contributed by atoms with Gasteiger partial charge in [-0.1, -0.05) is 0 Å². The zero-order chi connectivity index (χ0) is 12.3. The minimum Gasteiger partial charge on any atom is -1.00 e. The van der Waals surface area contributed by atoms with E-state index in [0.717, 1.165) is 0 Å². The molecular formula is C8H13NNaO6P. The molecule has 0 amide bonds. The van der Waals surface area contributed by atoms with E-state index >= 15 is 0 Å². The van der Waals surface area contributed by atoms with Gasteiger partial charge in [0.25, 0.3) is 0 Å². The van der Waals surface area contributed by atoms with E-state index in [1.54, 1.807) is 0 Å². The van der Waals surface area contributed by atoms with E-state index in [1.807, 2.05) is 0 Å². The van der Waals surface area contributed by atoms with Crippen molar-refractivity contribution in [2.75, 3.05) is 0 Å². The summed E-state index contributed by atoms with van der Waals surface area (Å²) in [6, 6.07) is 0. The third-order valence-corrected chi connectivity index (χ3v) is 2.44. The average molecular weight is 273 g/mol. The molecule has 17 heavy (non-hydrogen) atoms. The Hall–Kier alpha value is 0.0200. The molecule has 1 aromatic rings. The van der Waals surface area contributed by atoms with Gasteiger partial charge in [-0.05, 0) is 6.92 Å². The summed E-state index contributed by atoms with van der Waals surface area (Å²) in [5.74, 6) is -0.236. The van der Waals surface area contributed by atoms with Gasteiger partial charge in [0.05, 0.1) is 18.9 Å². The van der Waals surface area contributed by atoms with Crippen LogP contribution in [-0.4, -0.2) is 25.0 Å². The van der Waals surface area contributed by atoms with Gasteiger partial charge in [0.1, 0.15) is 5.75 Å². The summed E-state index contributed by atoms with van der Waals surface area (Å²) in [5.41, 5.74) is 0.677. The fourth-order valence-electron chi connectivity index (χ4n) is 1.13. The van der Waals surface area contributed by atoms with E-state index in [2.05, 4.69) is 9.51 Å². The molecule has 0 spiro atoms. The molecule has 0 saturated heterocycles. The number of aliphatic hydroxyl groups excluding tert-OH is 1. The minimum absolute atomic E-state index is 0. The molecule has 0 saturated carbocycles. The van der Waals surface area contributed by atoms with E-state index in [-0.39, 0.29) is 47.9 Å². The maximum absolute atomic E-state index is 10.5. The van der Waals surface area contributed by atoms with E-state index < -0.39 is 21.0 Å². The number of pyridine rings is 1. The molecule has 0 unspecified atom stereocenters. The molecule has 0 atom stereocenters. The largest absolute Gasteiger partial charge is 1.00 e. The first-order valence-electron chi connectivity index (χ1n) is 4.32. The van der Waals surface area contributed by atoms with Crippen LogP contribution in [-0.2, 0) is 22.3 Å².